The van der Waals surface area contributed by atoms with Gasteiger partial charge in [0, 0.05) is 22.6 Å². The number of ether oxygens (including phenoxy) is 3. The Morgan fingerprint density at radius 2 is 1.82 bits per heavy atom. The maximum Gasteiger partial charge on any atom is 0.341 e. The van der Waals surface area contributed by atoms with Gasteiger partial charge in [-0.2, -0.15) is 0 Å². The lowest BCUT2D eigenvalue weighted by molar-refractivity contribution is -0.111. The van der Waals surface area contributed by atoms with E-state index in [1.807, 2.05) is 31.4 Å². The van der Waals surface area contributed by atoms with Crippen molar-refractivity contribution in [1.82, 2.24) is 0 Å². The molecule has 0 atom stereocenters. The molecule has 1 aromatic heterocycles. The third-order valence-electron chi connectivity index (χ3n) is 5.03. The predicted octanol–water partition coefficient (Wildman–Crippen LogP) is 5.88. The number of carbonyl (C=O) groups excluding carboxylic acids is 2. The van der Waals surface area contributed by atoms with E-state index in [1.54, 1.807) is 45.4 Å². The van der Waals surface area contributed by atoms with Crippen molar-refractivity contribution in [1.29, 1.82) is 0 Å². The fourth-order valence-electron chi connectivity index (χ4n) is 3.46. The van der Waals surface area contributed by atoms with Crippen LogP contribution in [0, 0.1) is 13.8 Å². The van der Waals surface area contributed by atoms with E-state index in [0.717, 1.165) is 22.3 Å². The van der Waals surface area contributed by atoms with Crippen LogP contribution in [0.1, 0.15) is 34.0 Å². The number of methoxy groups -OCH3 is 2. The molecule has 7 heteroatoms. The van der Waals surface area contributed by atoms with Gasteiger partial charge in [-0.3, -0.25) is 4.79 Å². The minimum absolute atomic E-state index is 0.240. The van der Waals surface area contributed by atoms with Gasteiger partial charge in [0.2, 0.25) is 5.91 Å². The maximum absolute atomic E-state index is 12.8. The first-order chi connectivity index (χ1) is 15.9. The Morgan fingerprint density at radius 3 is 2.48 bits per heavy atom. The first kappa shape index (κ1) is 24.1. The molecule has 0 aliphatic heterocycles. The van der Waals surface area contributed by atoms with Gasteiger partial charge >= 0.3 is 5.97 Å². The zero-order chi connectivity index (χ0) is 24.0. The lowest BCUT2D eigenvalue weighted by atomic mass is 9.97. The molecule has 1 amide bonds. The Morgan fingerprint density at radius 1 is 1.03 bits per heavy atom. The van der Waals surface area contributed by atoms with Gasteiger partial charge in [-0.1, -0.05) is 23.8 Å². The standard InChI is InChI=1S/C26H27NO5S/c1-6-32-26(29)24-21(20-10-7-16(2)13-17(20)3)15-33-25(24)27-23(28)12-8-18-14-19(30-4)9-11-22(18)31-5/h7-15H,6H2,1-5H3,(H,27,28)/b12-8+. The second kappa shape index (κ2) is 10.8. The van der Waals surface area contributed by atoms with Crippen LogP contribution in [0.25, 0.3) is 17.2 Å². The SMILES string of the molecule is CCOC(=O)c1c(-c2ccc(C)cc2C)csc1NC(=O)/C=C/c1cc(OC)ccc1OC. The van der Waals surface area contributed by atoms with Crippen LogP contribution >= 0.6 is 11.3 Å². The molecule has 33 heavy (non-hydrogen) atoms. The highest BCUT2D eigenvalue weighted by atomic mass is 32.1. The summed E-state index contributed by atoms with van der Waals surface area (Å²) < 4.78 is 15.9. The third-order valence-corrected chi connectivity index (χ3v) is 5.93. The number of rotatable bonds is 8. The van der Waals surface area contributed by atoms with Crippen molar-refractivity contribution in [3.8, 4) is 22.6 Å². The van der Waals surface area contributed by atoms with Gasteiger partial charge in [-0.15, -0.1) is 11.3 Å². The van der Waals surface area contributed by atoms with Crippen LogP contribution in [0.2, 0.25) is 0 Å². The smallest absolute Gasteiger partial charge is 0.341 e. The molecule has 1 heterocycles. The van der Waals surface area contributed by atoms with Gasteiger partial charge < -0.3 is 19.5 Å². The van der Waals surface area contributed by atoms with Gasteiger partial charge in [0.25, 0.3) is 0 Å². The number of carbonyl (C=O) groups is 2. The number of benzene rings is 2. The molecule has 1 N–H and O–H groups in total. The van der Waals surface area contributed by atoms with E-state index in [4.69, 9.17) is 14.2 Å². The van der Waals surface area contributed by atoms with Gasteiger partial charge in [0.1, 0.15) is 22.1 Å². The molecule has 0 saturated heterocycles. The van der Waals surface area contributed by atoms with Crippen molar-refractivity contribution in [2.75, 3.05) is 26.1 Å². The van der Waals surface area contributed by atoms with Crippen molar-refractivity contribution in [2.24, 2.45) is 0 Å². The lowest BCUT2D eigenvalue weighted by Crippen LogP contribution is -2.12. The number of thiophene rings is 1. The Balaban J connectivity index is 1.92. The number of anilines is 1. The number of amides is 1. The Kier molecular flexibility index (Phi) is 7.90. The Bertz CT molecular complexity index is 1200. The van der Waals surface area contributed by atoms with Crippen molar-refractivity contribution in [3.63, 3.8) is 0 Å². The summed E-state index contributed by atoms with van der Waals surface area (Å²) in [5.41, 5.74) is 4.90. The molecule has 0 bridgehead atoms. The highest BCUT2D eigenvalue weighted by Crippen LogP contribution is 2.38. The summed E-state index contributed by atoms with van der Waals surface area (Å²) in [4.78, 5) is 25.5. The maximum atomic E-state index is 12.8. The largest absolute Gasteiger partial charge is 0.497 e. The highest BCUT2D eigenvalue weighted by Gasteiger charge is 2.23. The number of aryl methyl sites for hydroxylation is 2. The molecule has 0 fully saturated rings. The molecule has 0 unspecified atom stereocenters. The summed E-state index contributed by atoms with van der Waals surface area (Å²) in [6, 6.07) is 11.4. The molecule has 0 aliphatic rings. The van der Waals surface area contributed by atoms with Crippen molar-refractivity contribution in [3.05, 3.63) is 70.1 Å². The first-order valence-electron chi connectivity index (χ1n) is 10.4. The molecular formula is C26H27NO5S. The van der Waals surface area contributed by atoms with Crippen LogP contribution in [0.4, 0.5) is 5.00 Å². The lowest BCUT2D eigenvalue weighted by Gasteiger charge is -2.10. The van der Waals surface area contributed by atoms with E-state index in [0.29, 0.717) is 27.6 Å². The number of esters is 1. The second-order valence-electron chi connectivity index (χ2n) is 7.32. The fourth-order valence-corrected chi connectivity index (χ4v) is 4.41. The molecular weight excluding hydrogens is 438 g/mol. The molecule has 0 aliphatic carbocycles. The minimum atomic E-state index is -0.470. The van der Waals surface area contributed by atoms with E-state index in [1.165, 1.54) is 17.4 Å². The normalized spacial score (nSPS) is 10.8. The van der Waals surface area contributed by atoms with Gasteiger partial charge in [-0.25, -0.2) is 4.79 Å². The van der Waals surface area contributed by atoms with Crippen molar-refractivity contribution in [2.45, 2.75) is 20.8 Å². The molecule has 3 rings (SSSR count). The number of hydrogen-bond donors (Lipinski definition) is 1. The molecule has 0 spiro atoms. The summed E-state index contributed by atoms with van der Waals surface area (Å²) in [5.74, 6) is 0.416. The van der Waals surface area contributed by atoms with Crippen LogP contribution in [-0.4, -0.2) is 32.7 Å². The number of hydrogen-bond acceptors (Lipinski definition) is 6. The van der Waals surface area contributed by atoms with Crippen LogP contribution in [0.3, 0.4) is 0 Å². The van der Waals surface area contributed by atoms with Crippen LogP contribution in [0.5, 0.6) is 11.5 Å². The predicted molar refractivity (Wildman–Crippen MR) is 132 cm³/mol. The average Bonchev–Trinajstić information content (AvgIpc) is 3.20. The van der Waals surface area contributed by atoms with Crippen molar-refractivity contribution >= 4 is 34.3 Å². The van der Waals surface area contributed by atoms with Crippen molar-refractivity contribution < 1.29 is 23.8 Å². The average molecular weight is 466 g/mol. The van der Waals surface area contributed by atoms with Gasteiger partial charge in [0.05, 0.1) is 20.8 Å². The molecule has 3 aromatic rings. The second-order valence-corrected chi connectivity index (χ2v) is 8.20. The quantitative estimate of drug-likeness (QED) is 0.332. The topological polar surface area (TPSA) is 73.9 Å². The summed E-state index contributed by atoms with van der Waals surface area (Å²) >= 11 is 1.29. The minimum Gasteiger partial charge on any atom is -0.497 e. The summed E-state index contributed by atoms with van der Waals surface area (Å²) in [7, 11) is 3.13. The fraction of sp³-hybridized carbons (Fsp3) is 0.231. The highest BCUT2D eigenvalue weighted by molar-refractivity contribution is 7.15. The van der Waals surface area contributed by atoms with E-state index in [2.05, 4.69) is 11.4 Å². The van der Waals surface area contributed by atoms with E-state index < -0.39 is 5.97 Å². The number of nitrogens with one attached hydrogen (secondary N) is 1. The zero-order valence-corrected chi connectivity index (χ0v) is 20.2. The zero-order valence-electron chi connectivity index (χ0n) is 19.4. The molecule has 0 saturated carbocycles. The summed E-state index contributed by atoms with van der Waals surface area (Å²) in [6.07, 6.45) is 3.03. The Labute approximate surface area is 197 Å². The molecule has 172 valence electrons. The summed E-state index contributed by atoms with van der Waals surface area (Å²) in [6.45, 7) is 6.01. The van der Waals surface area contributed by atoms with E-state index in [9.17, 15) is 9.59 Å². The Hall–Kier alpha value is -3.58. The van der Waals surface area contributed by atoms with Crippen LogP contribution in [-0.2, 0) is 9.53 Å². The van der Waals surface area contributed by atoms with Gasteiger partial charge in [0.15, 0.2) is 0 Å². The van der Waals surface area contributed by atoms with Crippen LogP contribution in [0.15, 0.2) is 47.9 Å². The van der Waals surface area contributed by atoms with Gasteiger partial charge in [-0.05, 0) is 56.2 Å². The van der Waals surface area contributed by atoms with E-state index >= 15 is 0 Å². The van der Waals surface area contributed by atoms with Crippen LogP contribution < -0.4 is 14.8 Å². The molecule has 2 aromatic carbocycles. The monoisotopic (exact) mass is 465 g/mol. The third kappa shape index (κ3) is 5.62. The summed E-state index contributed by atoms with van der Waals surface area (Å²) in [5, 5.41) is 5.14. The first-order valence-corrected chi connectivity index (χ1v) is 11.3. The molecule has 0 radical (unpaired) electrons. The van der Waals surface area contributed by atoms with E-state index in [-0.39, 0.29) is 12.5 Å². The molecule has 6 nitrogen and oxygen atoms in total.